The lowest BCUT2D eigenvalue weighted by Gasteiger charge is -2.11. The summed E-state index contributed by atoms with van der Waals surface area (Å²) in [6, 6.07) is 15.6. The zero-order valence-corrected chi connectivity index (χ0v) is 13.9. The fourth-order valence-electron chi connectivity index (χ4n) is 2.84. The van der Waals surface area contributed by atoms with E-state index in [0.29, 0.717) is 6.42 Å². The summed E-state index contributed by atoms with van der Waals surface area (Å²) >= 11 is 0. The first kappa shape index (κ1) is 16.9. The van der Waals surface area contributed by atoms with Gasteiger partial charge in [0.25, 0.3) is 5.91 Å². The molecule has 0 saturated heterocycles. The van der Waals surface area contributed by atoms with Crippen LogP contribution in [0.1, 0.15) is 23.0 Å². The van der Waals surface area contributed by atoms with Gasteiger partial charge in [-0.05, 0) is 35.8 Å². The summed E-state index contributed by atoms with van der Waals surface area (Å²) < 4.78 is 2.00. The van der Waals surface area contributed by atoms with E-state index < -0.39 is 5.91 Å². The maximum absolute atomic E-state index is 11.1. The average Bonchev–Trinajstić information content (AvgIpc) is 2.97. The molecule has 0 aliphatic carbocycles. The lowest BCUT2D eigenvalue weighted by atomic mass is 10.1. The van der Waals surface area contributed by atoms with Gasteiger partial charge < -0.3 is 10.3 Å². The normalized spacial score (nSPS) is 12.6. The van der Waals surface area contributed by atoms with Gasteiger partial charge in [0.2, 0.25) is 0 Å². The number of imidazole rings is 1. The Balaban J connectivity index is 1.88. The highest BCUT2D eigenvalue weighted by atomic mass is 16.5. The van der Waals surface area contributed by atoms with Crippen molar-refractivity contribution in [1.82, 2.24) is 15.0 Å². The average molecular weight is 336 g/mol. The highest BCUT2D eigenvalue weighted by Crippen LogP contribution is 2.22. The number of rotatable bonds is 5. The third-order valence-electron chi connectivity index (χ3n) is 4.11. The van der Waals surface area contributed by atoms with Gasteiger partial charge in [-0.2, -0.15) is 0 Å². The summed E-state index contributed by atoms with van der Waals surface area (Å²) in [5, 5.41) is 8.53. The smallest absolute Gasteiger partial charge is 0.267 e. The van der Waals surface area contributed by atoms with E-state index in [1.165, 1.54) is 11.6 Å². The lowest BCUT2D eigenvalue weighted by molar-refractivity contribution is -0.124. The third kappa shape index (κ3) is 3.76. The Hall–Kier alpha value is -2.96. The Morgan fingerprint density at radius 2 is 2.08 bits per heavy atom. The molecule has 0 spiro atoms. The predicted octanol–water partition coefficient (Wildman–Crippen LogP) is 2.33. The molecule has 0 bridgehead atoms. The zero-order chi connectivity index (χ0) is 17.8. The summed E-state index contributed by atoms with van der Waals surface area (Å²) in [5.74, 6) is 0.236. The fourth-order valence-corrected chi connectivity index (χ4v) is 2.84. The number of hydrogen-bond acceptors (Lipinski definition) is 4. The van der Waals surface area contributed by atoms with E-state index in [-0.39, 0.29) is 6.04 Å². The molecule has 0 radical (unpaired) electrons. The standard InChI is InChI=1S/C19H20N4O2/c1-23-17-9-7-14(8-10-18(24)22-25)12-16(17)21-19(23)15(20)11-13-5-3-2-4-6-13/h2-10,12,15,25H,11,20H2,1H3,(H,22,24). The van der Waals surface area contributed by atoms with Crippen molar-refractivity contribution in [3.05, 3.63) is 71.6 Å². The highest BCUT2D eigenvalue weighted by molar-refractivity contribution is 5.91. The van der Waals surface area contributed by atoms with Crippen LogP contribution in [0.2, 0.25) is 0 Å². The number of carbonyl (C=O) groups is 1. The van der Waals surface area contributed by atoms with Crippen LogP contribution in [0.3, 0.4) is 0 Å². The fraction of sp³-hybridized carbons (Fsp3) is 0.158. The number of aryl methyl sites for hydroxylation is 1. The van der Waals surface area contributed by atoms with E-state index in [9.17, 15) is 4.79 Å². The van der Waals surface area contributed by atoms with Gasteiger partial charge in [0, 0.05) is 13.1 Å². The van der Waals surface area contributed by atoms with Crippen molar-refractivity contribution in [2.24, 2.45) is 12.8 Å². The number of aromatic nitrogens is 2. The summed E-state index contributed by atoms with van der Waals surface area (Å²) in [6.07, 6.45) is 3.58. The van der Waals surface area contributed by atoms with E-state index in [0.717, 1.165) is 22.4 Å². The second-order valence-corrected chi connectivity index (χ2v) is 5.88. The van der Waals surface area contributed by atoms with Crippen molar-refractivity contribution in [3.8, 4) is 0 Å². The number of nitrogens with zero attached hydrogens (tertiary/aromatic N) is 2. The first-order valence-corrected chi connectivity index (χ1v) is 7.96. The van der Waals surface area contributed by atoms with Crippen LogP contribution >= 0.6 is 0 Å². The summed E-state index contributed by atoms with van der Waals surface area (Å²) in [5.41, 5.74) is 11.7. The van der Waals surface area contributed by atoms with Crippen molar-refractivity contribution in [2.75, 3.05) is 0 Å². The molecule has 1 amide bonds. The summed E-state index contributed by atoms with van der Waals surface area (Å²) in [4.78, 5) is 15.8. The van der Waals surface area contributed by atoms with Gasteiger partial charge in [-0.15, -0.1) is 0 Å². The molecule has 3 aromatic rings. The topological polar surface area (TPSA) is 93.2 Å². The van der Waals surface area contributed by atoms with E-state index in [1.807, 2.05) is 48.0 Å². The van der Waals surface area contributed by atoms with Crippen LogP contribution in [0, 0.1) is 0 Å². The molecule has 6 heteroatoms. The zero-order valence-electron chi connectivity index (χ0n) is 13.9. The monoisotopic (exact) mass is 336 g/mol. The van der Waals surface area contributed by atoms with E-state index in [4.69, 9.17) is 10.9 Å². The molecule has 1 heterocycles. The van der Waals surface area contributed by atoms with Gasteiger partial charge >= 0.3 is 0 Å². The number of carbonyl (C=O) groups excluding carboxylic acids is 1. The molecule has 25 heavy (non-hydrogen) atoms. The molecule has 4 N–H and O–H groups in total. The molecule has 0 aliphatic rings. The minimum Gasteiger partial charge on any atom is -0.330 e. The summed E-state index contributed by atoms with van der Waals surface area (Å²) in [6.45, 7) is 0. The number of nitrogens with one attached hydrogen (secondary N) is 1. The molecule has 1 unspecified atom stereocenters. The van der Waals surface area contributed by atoms with Crippen LogP contribution in [-0.2, 0) is 18.3 Å². The molecule has 0 saturated carbocycles. The van der Waals surface area contributed by atoms with Gasteiger partial charge in [0.05, 0.1) is 17.1 Å². The van der Waals surface area contributed by atoms with Crippen molar-refractivity contribution >= 4 is 23.0 Å². The Morgan fingerprint density at radius 3 is 2.80 bits per heavy atom. The first-order valence-electron chi connectivity index (χ1n) is 7.96. The first-order chi connectivity index (χ1) is 12.1. The minimum absolute atomic E-state index is 0.209. The maximum atomic E-state index is 11.1. The van der Waals surface area contributed by atoms with E-state index in [1.54, 1.807) is 11.6 Å². The van der Waals surface area contributed by atoms with Crippen LogP contribution in [0.4, 0.5) is 0 Å². The number of benzene rings is 2. The van der Waals surface area contributed by atoms with Gasteiger partial charge in [0.1, 0.15) is 5.82 Å². The molecule has 0 fully saturated rings. The largest absolute Gasteiger partial charge is 0.330 e. The van der Waals surface area contributed by atoms with Crippen LogP contribution in [0.5, 0.6) is 0 Å². The van der Waals surface area contributed by atoms with Gasteiger partial charge in [0.15, 0.2) is 0 Å². The highest BCUT2D eigenvalue weighted by Gasteiger charge is 2.15. The Labute approximate surface area is 145 Å². The molecular weight excluding hydrogens is 316 g/mol. The van der Waals surface area contributed by atoms with Crippen LogP contribution < -0.4 is 11.2 Å². The van der Waals surface area contributed by atoms with Crippen molar-refractivity contribution in [3.63, 3.8) is 0 Å². The molecule has 0 aliphatic heterocycles. The molecule has 6 nitrogen and oxygen atoms in total. The molecule has 128 valence electrons. The molecule has 1 atom stereocenters. The number of nitrogens with two attached hydrogens (primary N) is 1. The second kappa shape index (κ2) is 7.29. The van der Waals surface area contributed by atoms with Gasteiger partial charge in [-0.25, -0.2) is 10.5 Å². The van der Waals surface area contributed by atoms with Crippen LogP contribution in [0.25, 0.3) is 17.1 Å². The molecule has 1 aromatic heterocycles. The Morgan fingerprint density at radius 1 is 1.32 bits per heavy atom. The molecular formula is C19H20N4O2. The molecule has 2 aromatic carbocycles. The maximum Gasteiger partial charge on any atom is 0.267 e. The van der Waals surface area contributed by atoms with Crippen molar-refractivity contribution in [1.29, 1.82) is 0 Å². The quantitative estimate of drug-likeness (QED) is 0.379. The van der Waals surface area contributed by atoms with Crippen LogP contribution in [-0.4, -0.2) is 20.7 Å². The number of hydroxylamine groups is 1. The predicted molar refractivity (Wildman–Crippen MR) is 96.8 cm³/mol. The second-order valence-electron chi connectivity index (χ2n) is 5.88. The van der Waals surface area contributed by atoms with Crippen molar-refractivity contribution in [2.45, 2.75) is 12.5 Å². The van der Waals surface area contributed by atoms with E-state index in [2.05, 4.69) is 17.1 Å². The Bertz CT molecular complexity index is 916. The number of fused-ring (bicyclic) bond motifs is 1. The Kier molecular flexibility index (Phi) is 4.92. The van der Waals surface area contributed by atoms with Crippen molar-refractivity contribution < 1.29 is 10.0 Å². The molecule has 3 rings (SSSR count). The SMILES string of the molecule is Cn1c(C(N)Cc2ccccc2)nc2cc(C=CC(=O)NO)ccc21. The summed E-state index contributed by atoms with van der Waals surface area (Å²) in [7, 11) is 1.95. The van der Waals surface area contributed by atoms with E-state index >= 15 is 0 Å². The lowest BCUT2D eigenvalue weighted by Crippen LogP contribution is -2.17. The number of amides is 1. The van der Waals surface area contributed by atoms with Gasteiger partial charge in [-0.1, -0.05) is 36.4 Å². The van der Waals surface area contributed by atoms with Gasteiger partial charge in [-0.3, -0.25) is 10.0 Å². The number of hydrogen-bond donors (Lipinski definition) is 3. The minimum atomic E-state index is -0.577. The third-order valence-corrected chi connectivity index (χ3v) is 4.11. The van der Waals surface area contributed by atoms with Crippen LogP contribution in [0.15, 0.2) is 54.6 Å².